The molecule has 1 aliphatic rings. The third-order valence-corrected chi connectivity index (χ3v) is 4.72. The average Bonchev–Trinajstić information content (AvgIpc) is 3.01. The molecule has 1 saturated heterocycles. The van der Waals surface area contributed by atoms with Crippen LogP contribution < -0.4 is 5.32 Å². The first-order chi connectivity index (χ1) is 9.52. The summed E-state index contributed by atoms with van der Waals surface area (Å²) < 4.78 is 0. The smallest absolute Gasteiger partial charge is 0.241 e. The second-order valence-corrected chi connectivity index (χ2v) is 7.09. The Bertz CT molecular complexity index is 430. The molecule has 0 saturated carbocycles. The van der Waals surface area contributed by atoms with Gasteiger partial charge in [0.1, 0.15) is 6.17 Å². The van der Waals surface area contributed by atoms with Crippen molar-refractivity contribution in [1.82, 2.24) is 10.2 Å². The van der Waals surface area contributed by atoms with Gasteiger partial charge in [-0.2, -0.15) is 11.3 Å². The fraction of sp³-hybridized carbons (Fsp3) is 0.688. The van der Waals surface area contributed by atoms with E-state index in [1.807, 2.05) is 4.90 Å². The van der Waals surface area contributed by atoms with E-state index in [1.165, 1.54) is 5.56 Å². The lowest BCUT2D eigenvalue weighted by atomic mass is 10.0. The minimum absolute atomic E-state index is 0.0241. The van der Waals surface area contributed by atoms with Gasteiger partial charge in [0.2, 0.25) is 5.91 Å². The van der Waals surface area contributed by atoms with Crippen LogP contribution >= 0.6 is 11.3 Å². The van der Waals surface area contributed by atoms with E-state index in [0.717, 1.165) is 19.4 Å². The van der Waals surface area contributed by atoms with Crippen LogP contribution in [0.3, 0.4) is 0 Å². The summed E-state index contributed by atoms with van der Waals surface area (Å²) in [5.41, 5.74) is 1.22. The van der Waals surface area contributed by atoms with E-state index >= 15 is 0 Å². The molecule has 0 radical (unpaired) electrons. The van der Waals surface area contributed by atoms with Crippen LogP contribution in [0.4, 0.5) is 0 Å². The molecule has 1 fully saturated rings. The molecular weight excluding hydrogens is 268 g/mol. The van der Waals surface area contributed by atoms with Crippen LogP contribution in [0, 0.1) is 11.8 Å². The highest BCUT2D eigenvalue weighted by molar-refractivity contribution is 7.07. The fourth-order valence-corrected chi connectivity index (χ4v) is 3.37. The molecule has 1 amide bonds. The highest BCUT2D eigenvalue weighted by atomic mass is 32.1. The van der Waals surface area contributed by atoms with Crippen LogP contribution in [0.15, 0.2) is 16.8 Å². The molecule has 0 bridgehead atoms. The van der Waals surface area contributed by atoms with Crippen molar-refractivity contribution in [3.05, 3.63) is 22.4 Å². The van der Waals surface area contributed by atoms with Crippen molar-refractivity contribution in [1.29, 1.82) is 0 Å². The largest absolute Gasteiger partial charge is 0.321 e. The van der Waals surface area contributed by atoms with E-state index < -0.39 is 0 Å². The molecule has 112 valence electrons. The lowest BCUT2D eigenvalue weighted by Crippen LogP contribution is -2.34. The summed E-state index contributed by atoms with van der Waals surface area (Å²) in [6.45, 7) is 9.59. The number of carbonyl (C=O) groups is 1. The Kier molecular flexibility index (Phi) is 5.22. The van der Waals surface area contributed by atoms with Crippen LogP contribution in [-0.4, -0.2) is 23.4 Å². The minimum atomic E-state index is -0.0241. The molecule has 2 heterocycles. The molecule has 20 heavy (non-hydrogen) atoms. The highest BCUT2D eigenvalue weighted by Gasteiger charge is 2.39. The van der Waals surface area contributed by atoms with Crippen molar-refractivity contribution in [2.75, 3.05) is 6.54 Å². The van der Waals surface area contributed by atoms with Gasteiger partial charge in [0.05, 0.1) is 6.04 Å². The molecule has 4 heteroatoms. The zero-order chi connectivity index (χ0) is 14.7. The summed E-state index contributed by atoms with van der Waals surface area (Å²) in [6.07, 6.45) is 2.08. The second kappa shape index (κ2) is 6.72. The third kappa shape index (κ3) is 3.41. The lowest BCUT2D eigenvalue weighted by molar-refractivity contribution is -0.131. The zero-order valence-electron chi connectivity index (χ0n) is 12.9. The first kappa shape index (κ1) is 15.5. The number of hydrogen-bond acceptors (Lipinski definition) is 3. The maximum Gasteiger partial charge on any atom is 0.241 e. The maximum absolute atomic E-state index is 12.7. The Morgan fingerprint density at radius 1 is 1.40 bits per heavy atom. The number of carbonyl (C=O) groups excluding carboxylic acids is 1. The summed E-state index contributed by atoms with van der Waals surface area (Å²) >= 11 is 1.69. The third-order valence-electron chi connectivity index (χ3n) is 4.02. The van der Waals surface area contributed by atoms with E-state index in [-0.39, 0.29) is 18.1 Å². The molecule has 3 atom stereocenters. The second-order valence-electron chi connectivity index (χ2n) is 6.31. The molecule has 2 rings (SSSR count). The fourth-order valence-electron chi connectivity index (χ4n) is 2.69. The van der Waals surface area contributed by atoms with Crippen molar-refractivity contribution in [3.63, 3.8) is 0 Å². The molecule has 1 N–H and O–H groups in total. The molecule has 0 aromatic carbocycles. The molecule has 0 spiro atoms. The maximum atomic E-state index is 12.7. The molecule has 0 aliphatic carbocycles. The molecular formula is C16H26N2OS. The van der Waals surface area contributed by atoms with Gasteiger partial charge in [-0.3, -0.25) is 10.1 Å². The number of rotatable bonds is 6. The zero-order valence-corrected chi connectivity index (χ0v) is 13.7. The van der Waals surface area contributed by atoms with Crippen molar-refractivity contribution in [2.24, 2.45) is 11.8 Å². The van der Waals surface area contributed by atoms with E-state index in [4.69, 9.17) is 0 Å². The molecule has 1 aromatic rings. The quantitative estimate of drug-likeness (QED) is 0.869. The Morgan fingerprint density at radius 2 is 2.15 bits per heavy atom. The van der Waals surface area contributed by atoms with Crippen LogP contribution in [0.1, 0.15) is 52.3 Å². The van der Waals surface area contributed by atoms with Crippen LogP contribution in [-0.2, 0) is 4.79 Å². The van der Waals surface area contributed by atoms with Crippen molar-refractivity contribution in [2.45, 2.75) is 52.7 Å². The number of amides is 1. The van der Waals surface area contributed by atoms with Gasteiger partial charge in [0.15, 0.2) is 0 Å². The van der Waals surface area contributed by atoms with Gasteiger partial charge in [0.25, 0.3) is 0 Å². The van der Waals surface area contributed by atoms with Gasteiger partial charge in [0, 0.05) is 6.54 Å². The van der Waals surface area contributed by atoms with Crippen LogP contribution in [0.25, 0.3) is 0 Å². The van der Waals surface area contributed by atoms with E-state index in [2.05, 4.69) is 49.8 Å². The summed E-state index contributed by atoms with van der Waals surface area (Å²) in [5.74, 6) is 1.35. The Hall–Kier alpha value is -0.870. The minimum Gasteiger partial charge on any atom is -0.321 e. The van der Waals surface area contributed by atoms with Gasteiger partial charge in [-0.15, -0.1) is 0 Å². The Balaban J connectivity index is 2.16. The molecule has 3 nitrogen and oxygen atoms in total. The number of nitrogens with one attached hydrogen (secondary N) is 1. The molecule has 3 unspecified atom stereocenters. The van der Waals surface area contributed by atoms with E-state index in [9.17, 15) is 4.79 Å². The van der Waals surface area contributed by atoms with Gasteiger partial charge in [-0.1, -0.05) is 34.1 Å². The number of nitrogens with zero attached hydrogens (tertiary/aromatic N) is 1. The summed E-state index contributed by atoms with van der Waals surface area (Å²) in [7, 11) is 0. The van der Waals surface area contributed by atoms with Crippen LogP contribution in [0.5, 0.6) is 0 Å². The summed E-state index contributed by atoms with van der Waals surface area (Å²) in [6, 6.07) is 2.10. The summed E-state index contributed by atoms with van der Waals surface area (Å²) in [4.78, 5) is 14.7. The SMILES string of the molecule is CCC(C)CN1C(=O)C(CC(C)C)NC1c1ccsc1. The van der Waals surface area contributed by atoms with Gasteiger partial charge in [-0.05, 0) is 40.6 Å². The normalized spacial score (nSPS) is 24.6. The van der Waals surface area contributed by atoms with Gasteiger partial charge in [-0.25, -0.2) is 0 Å². The summed E-state index contributed by atoms with van der Waals surface area (Å²) in [5, 5.41) is 7.76. The number of hydrogen-bond donors (Lipinski definition) is 1. The number of thiophene rings is 1. The van der Waals surface area contributed by atoms with Crippen molar-refractivity contribution in [3.8, 4) is 0 Å². The van der Waals surface area contributed by atoms with Crippen molar-refractivity contribution < 1.29 is 4.79 Å². The standard InChI is InChI=1S/C16H26N2OS/c1-5-12(4)9-18-15(13-6-7-20-10-13)17-14(16(18)19)8-11(2)3/h6-7,10-12,14-15,17H,5,8-9H2,1-4H3. The lowest BCUT2D eigenvalue weighted by Gasteiger charge is -2.26. The van der Waals surface area contributed by atoms with E-state index in [0.29, 0.717) is 11.8 Å². The Morgan fingerprint density at radius 3 is 2.70 bits per heavy atom. The topological polar surface area (TPSA) is 32.3 Å². The average molecular weight is 294 g/mol. The first-order valence-corrected chi connectivity index (χ1v) is 8.55. The molecule has 1 aromatic heterocycles. The highest BCUT2D eigenvalue weighted by Crippen LogP contribution is 2.30. The predicted octanol–water partition coefficient (Wildman–Crippen LogP) is 3.64. The van der Waals surface area contributed by atoms with Crippen molar-refractivity contribution >= 4 is 17.2 Å². The molecule has 1 aliphatic heterocycles. The monoisotopic (exact) mass is 294 g/mol. The Labute approximate surface area is 126 Å². The predicted molar refractivity (Wildman–Crippen MR) is 84.6 cm³/mol. The first-order valence-electron chi connectivity index (χ1n) is 7.61. The van der Waals surface area contributed by atoms with Gasteiger partial charge < -0.3 is 4.90 Å². The van der Waals surface area contributed by atoms with Crippen LogP contribution in [0.2, 0.25) is 0 Å². The van der Waals surface area contributed by atoms with E-state index in [1.54, 1.807) is 11.3 Å². The van der Waals surface area contributed by atoms with Gasteiger partial charge >= 0.3 is 0 Å².